The third kappa shape index (κ3) is 1.23. The van der Waals surface area contributed by atoms with Crippen LogP contribution in [-0.2, 0) is 6.54 Å². The molecule has 2 heterocycles. The van der Waals surface area contributed by atoms with Gasteiger partial charge in [0.15, 0.2) is 5.82 Å². The Bertz CT molecular complexity index is 358. The van der Waals surface area contributed by atoms with Crippen LogP contribution in [0.1, 0.15) is 42.9 Å². The second-order valence-corrected chi connectivity index (χ2v) is 4.22. The average Bonchev–Trinajstić information content (AvgIpc) is 2.87. The van der Waals surface area contributed by atoms with E-state index in [4.69, 9.17) is 5.73 Å². The highest BCUT2D eigenvalue weighted by Gasteiger charge is 2.33. The summed E-state index contributed by atoms with van der Waals surface area (Å²) in [7, 11) is 0. The van der Waals surface area contributed by atoms with E-state index in [9.17, 15) is 4.39 Å². The van der Waals surface area contributed by atoms with Crippen LogP contribution in [0.15, 0.2) is 0 Å². The molecule has 0 aromatic carbocycles. The van der Waals surface area contributed by atoms with Gasteiger partial charge in [-0.05, 0) is 12.8 Å². The van der Waals surface area contributed by atoms with Crippen molar-refractivity contribution in [1.29, 1.82) is 0 Å². The molecule has 2 atom stereocenters. The Morgan fingerprint density at radius 2 is 2.21 bits per heavy atom. The normalized spacial score (nSPS) is 31.6. The molecule has 76 valence electrons. The first-order valence-electron chi connectivity index (χ1n) is 5.08. The van der Waals surface area contributed by atoms with E-state index in [1.807, 2.05) is 0 Å². The first kappa shape index (κ1) is 8.35. The topological polar surface area (TPSA) is 56.7 Å². The first-order chi connectivity index (χ1) is 6.74. The monoisotopic (exact) mass is 196 g/mol. The van der Waals surface area contributed by atoms with Gasteiger partial charge < -0.3 is 5.73 Å². The van der Waals surface area contributed by atoms with Crippen molar-refractivity contribution in [3.63, 3.8) is 0 Å². The van der Waals surface area contributed by atoms with Crippen LogP contribution in [0, 0.1) is 0 Å². The molecule has 2 unspecified atom stereocenters. The number of fused-ring (bicyclic) bond motifs is 1. The minimum atomic E-state index is -0.869. The number of hydrogen-bond acceptors (Lipinski definition) is 3. The number of halogens is 1. The summed E-state index contributed by atoms with van der Waals surface area (Å²) >= 11 is 0. The molecule has 14 heavy (non-hydrogen) atoms. The zero-order chi connectivity index (χ0) is 9.71. The molecule has 0 radical (unpaired) electrons. The standard InChI is InChI=1S/C9H13FN4/c10-6-3-7(11)9-12-8(5-1-2-5)13-14(9)4-6/h5-7H,1-4,11H2. The molecule has 2 N–H and O–H groups in total. The lowest BCUT2D eigenvalue weighted by molar-refractivity contribution is 0.219. The van der Waals surface area contributed by atoms with Gasteiger partial charge in [-0.1, -0.05) is 0 Å². The fraction of sp³-hybridized carbons (Fsp3) is 0.778. The predicted octanol–water partition coefficient (Wildman–Crippen LogP) is 0.897. The lowest BCUT2D eigenvalue weighted by Crippen LogP contribution is -2.30. The zero-order valence-electron chi connectivity index (χ0n) is 7.86. The Balaban J connectivity index is 1.97. The molecule has 0 amide bonds. The lowest BCUT2D eigenvalue weighted by atomic mass is 10.1. The summed E-state index contributed by atoms with van der Waals surface area (Å²) in [4.78, 5) is 4.39. The summed E-state index contributed by atoms with van der Waals surface area (Å²) in [6.07, 6.45) is 1.84. The van der Waals surface area contributed by atoms with Crippen molar-refractivity contribution in [1.82, 2.24) is 14.8 Å². The van der Waals surface area contributed by atoms with Crippen molar-refractivity contribution in [2.75, 3.05) is 0 Å². The molecule has 3 rings (SSSR count). The predicted molar refractivity (Wildman–Crippen MR) is 48.4 cm³/mol. The maximum Gasteiger partial charge on any atom is 0.154 e. The molecule has 1 aromatic rings. The van der Waals surface area contributed by atoms with Crippen LogP contribution in [0.4, 0.5) is 4.39 Å². The second kappa shape index (κ2) is 2.76. The van der Waals surface area contributed by atoms with Crippen LogP contribution in [0.5, 0.6) is 0 Å². The maximum atomic E-state index is 13.2. The van der Waals surface area contributed by atoms with E-state index in [1.54, 1.807) is 4.68 Å². The van der Waals surface area contributed by atoms with Gasteiger partial charge in [0.2, 0.25) is 0 Å². The quantitative estimate of drug-likeness (QED) is 0.726. The number of hydrogen-bond donors (Lipinski definition) is 1. The van der Waals surface area contributed by atoms with Crippen LogP contribution in [-0.4, -0.2) is 20.9 Å². The third-order valence-electron chi connectivity index (χ3n) is 2.87. The van der Waals surface area contributed by atoms with Crippen molar-refractivity contribution in [3.05, 3.63) is 11.6 Å². The maximum absolute atomic E-state index is 13.2. The lowest BCUT2D eigenvalue weighted by Gasteiger charge is -2.21. The van der Waals surface area contributed by atoms with E-state index in [0.29, 0.717) is 18.9 Å². The minimum Gasteiger partial charge on any atom is -0.321 e. The summed E-state index contributed by atoms with van der Waals surface area (Å²) in [5.41, 5.74) is 5.81. The number of alkyl halides is 1. The number of nitrogens with two attached hydrogens (primary N) is 1. The molecular weight excluding hydrogens is 183 g/mol. The van der Waals surface area contributed by atoms with E-state index in [-0.39, 0.29) is 6.04 Å². The third-order valence-corrected chi connectivity index (χ3v) is 2.87. The molecule has 1 aromatic heterocycles. The van der Waals surface area contributed by atoms with E-state index in [0.717, 1.165) is 24.5 Å². The Hall–Kier alpha value is -0.970. The molecule has 5 heteroatoms. The van der Waals surface area contributed by atoms with Crippen LogP contribution >= 0.6 is 0 Å². The Morgan fingerprint density at radius 1 is 1.43 bits per heavy atom. The van der Waals surface area contributed by atoms with Crippen molar-refractivity contribution < 1.29 is 4.39 Å². The molecular formula is C9H13FN4. The zero-order valence-corrected chi connectivity index (χ0v) is 7.86. The number of rotatable bonds is 1. The van der Waals surface area contributed by atoms with Crippen molar-refractivity contribution >= 4 is 0 Å². The van der Waals surface area contributed by atoms with Crippen molar-refractivity contribution in [2.45, 2.75) is 43.9 Å². The van der Waals surface area contributed by atoms with Gasteiger partial charge in [-0.2, -0.15) is 5.10 Å². The molecule has 1 aliphatic heterocycles. The molecule has 4 nitrogen and oxygen atoms in total. The molecule has 1 fully saturated rings. The number of nitrogens with zero attached hydrogens (tertiary/aromatic N) is 3. The van der Waals surface area contributed by atoms with Crippen LogP contribution < -0.4 is 5.73 Å². The van der Waals surface area contributed by atoms with E-state index < -0.39 is 6.17 Å². The van der Waals surface area contributed by atoms with E-state index in [2.05, 4.69) is 10.1 Å². The summed E-state index contributed by atoms with van der Waals surface area (Å²) in [6.45, 7) is 0.322. The molecule has 1 aliphatic carbocycles. The average molecular weight is 196 g/mol. The smallest absolute Gasteiger partial charge is 0.154 e. The minimum absolute atomic E-state index is 0.279. The second-order valence-electron chi connectivity index (χ2n) is 4.22. The van der Waals surface area contributed by atoms with Gasteiger partial charge >= 0.3 is 0 Å². The molecule has 0 spiro atoms. The Morgan fingerprint density at radius 3 is 2.93 bits per heavy atom. The number of aromatic nitrogens is 3. The summed E-state index contributed by atoms with van der Waals surface area (Å²) < 4.78 is 14.8. The largest absolute Gasteiger partial charge is 0.321 e. The summed E-state index contributed by atoms with van der Waals surface area (Å²) in [5.74, 6) is 2.14. The van der Waals surface area contributed by atoms with E-state index in [1.165, 1.54) is 0 Å². The van der Waals surface area contributed by atoms with E-state index >= 15 is 0 Å². The Kier molecular flexibility index (Phi) is 1.65. The van der Waals surface area contributed by atoms with Gasteiger partial charge in [0.05, 0.1) is 12.6 Å². The molecule has 0 saturated heterocycles. The fourth-order valence-electron chi connectivity index (χ4n) is 1.94. The van der Waals surface area contributed by atoms with Gasteiger partial charge in [0.25, 0.3) is 0 Å². The van der Waals surface area contributed by atoms with Gasteiger partial charge in [0, 0.05) is 12.3 Å². The fourth-order valence-corrected chi connectivity index (χ4v) is 1.94. The van der Waals surface area contributed by atoms with Crippen molar-refractivity contribution in [2.24, 2.45) is 5.73 Å². The summed E-state index contributed by atoms with van der Waals surface area (Å²) in [5, 5.41) is 4.30. The van der Waals surface area contributed by atoms with Gasteiger partial charge in [-0.25, -0.2) is 14.1 Å². The Labute approximate surface area is 81.3 Å². The molecule has 1 saturated carbocycles. The molecule has 2 aliphatic rings. The van der Waals surface area contributed by atoms with Crippen LogP contribution in [0.3, 0.4) is 0 Å². The van der Waals surface area contributed by atoms with Crippen LogP contribution in [0.2, 0.25) is 0 Å². The van der Waals surface area contributed by atoms with Gasteiger partial charge in [-0.3, -0.25) is 0 Å². The highest BCUT2D eigenvalue weighted by atomic mass is 19.1. The summed E-state index contributed by atoms with van der Waals surface area (Å²) in [6, 6.07) is -0.279. The SMILES string of the molecule is NC1CC(F)Cn2nc(C3CC3)nc21. The van der Waals surface area contributed by atoms with Gasteiger partial charge in [0.1, 0.15) is 12.0 Å². The van der Waals surface area contributed by atoms with Crippen LogP contribution in [0.25, 0.3) is 0 Å². The highest BCUT2D eigenvalue weighted by molar-refractivity contribution is 5.09. The highest BCUT2D eigenvalue weighted by Crippen LogP contribution is 2.39. The molecule has 0 bridgehead atoms. The van der Waals surface area contributed by atoms with Gasteiger partial charge in [-0.15, -0.1) is 0 Å². The first-order valence-corrected chi connectivity index (χ1v) is 5.08. The van der Waals surface area contributed by atoms with Crippen molar-refractivity contribution in [3.8, 4) is 0 Å².